The molecule has 0 fully saturated rings. The second-order valence-corrected chi connectivity index (χ2v) is 8.26. The largest absolute Gasteiger partial charge is 0.497 e. The van der Waals surface area contributed by atoms with E-state index in [2.05, 4.69) is 17.6 Å². The quantitative estimate of drug-likeness (QED) is 0.420. The normalized spacial score (nSPS) is 11.7. The molecular formula is C21H25NO5S. The molecule has 3 aromatic rings. The maximum Gasteiger partial charge on any atom is 0.264 e. The summed E-state index contributed by atoms with van der Waals surface area (Å²) in [7, 11) is -0.151. The van der Waals surface area contributed by atoms with Crippen molar-refractivity contribution in [2.75, 3.05) is 27.1 Å². The third kappa shape index (κ3) is 4.31. The Bertz CT molecular complexity index is 1070. The van der Waals surface area contributed by atoms with Gasteiger partial charge in [-0.1, -0.05) is 0 Å². The van der Waals surface area contributed by atoms with E-state index in [1.165, 1.54) is 0 Å². The van der Waals surface area contributed by atoms with Gasteiger partial charge in [0.15, 0.2) is 0 Å². The number of methoxy groups -OCH3 is 2. The van der Waals surface area contributed by atoms with Crippen molar-refractivity contribution in [2.24, 2.45) is 0 Å². The van der Waals surface area contributed by atoms with Crippen molar-refractivity contribution < 1.29 is 22.1 Å². The summed E-state index contributed by atoms with van der Waals surface area (Å²) in [5.41, 5.74) is 4.36. The molecule has 3 rings (SSSR count). The smallest absolute Gasteiger partial charge is 0.264 e. The first-order valence-electron chi connectivity index (χ1n) is 8.99. The zero-order chi connectivity index (χ0) is 20.3. The predicted molar refractivity (Wildman–Crippen MR) is 111 cm³/mol. The number of ether oxygens (including phenoxy) is 2. The van der Waals surface area contributed by atoms with Crippen LogP contribution < -0.4 is 9.47 Å². The topological polar surface area (TPSA) is 66.8 Å². The molecule has 0 bridgehead atoms. The molecule has 150 valence electrons. The second-order valence-electron chi connectivity index (χ2n) is 6.62. The highest BCUT2D eigenvalue weighted by molar-refractivity contribution is 7.85. The maximum atomic E-state index is 11.2. The first-order chi connectivity index (χ1) is 13.3. The van der Waals surface area contributed by atoms with Crippen LogP contribution in [0.4, 0.5) is 0 Å². The predicted octanol–water partition coefficient (Wildman–Crippen LogP) is 4.00. The lowest BCUT2D eigenvalue weighted by molar-refractivity contribution is 0.308. The fourth-order valence-electron chi connectivity index (χ4n) is 3.42. The van der Waals surface area contributed by atoms with E-state index in [1.54, 1.807) is 14.2 Å². The molecule has 0 aliphatic heterocycles. The molecule has 0 amide bonds. The van der Waals surface area contributed by atoms with Gasteiger partial charge >= 0.3 is 0 Å². The Morgan fingerprint density at radius 3 is 2.21 bits per heavy atom. The molecule has 0 radical (unpaired) electrons. The molecule has 6 nitrogen and oxygen atoms in total. The number of aryl methyl sites for hydroxylation is 2. The van der Waals surface area contributed by atoms with E-state index >= 15 is 0 Å². The summed E-state index contributed by atoms with van der Waals surface area (Å²) in [5, 5.41) is 1.13. The highest BCUT2D eigenvalue weighted by Crippen LogP contribution is 2.36. The van der Waals surface area contributed by atoms with Gasteiger partial charge in [0.2, 0.25) is 0 Å². The van der Waals surface area contributed by atoms with Crippen LogP contribution in [-0.4, -0.2) is 40.1 Å². The summed E-state index contributed by atoms with van der Waals surface area (Å²) >= 11 is 0. The van der Waals surface area contributed by atoms with Gasteiger partial charge in [0.1, 0.15) is 11.5 Å². The van der Waals surface area contributed by atoms with Crippen LogP contribution in [0.1, 0.15) is 12.0 Å². The first-order valence-corrected chi connectivity index (χ1v) is 10.8. The minimum Gasteiger partial charge on any atom is -0.497 e. The van der Waals surface area contributed by atoms with Gasteiger partial charge in [0.05, 0.1) is 38.3 Å². The van der Waals surface area contributed by atoms with Crippen molar-refractivity contribution in [3.8, 4) is 22.8 Å². The van der Waals surface area contributed by atoms with Gasteiger partial charge in [-0.2, -0.15) is 8.42 Å². The van der Waals surface area contributed by atoms with E-state index in [-0.39, 0.29) is 6.61 Å². The number of hydrogen-bond donors (Lipinski definition) is 0. The van der Waals surface area contributed by atoms with Crippen LogP contribution in [0.2, 0.25) is 0 Å². The van der Waals surface area contributed by atoms with Crippen molar-refractivity contribution in [3.05, 3.63) is 48.0 Å². The number of aromatic nitrogens is 1. The lowest BCUT2D eigenvalue weighted by Gasteiger charge is -2.13. The average molecular weight is 404 g/mol. The minimum atomic E-state index is -3.44. The van der Waals surface area contributed by atoms with Gasteiger partial charge in [-0.25, -0.2) is 0 Å². The standard InChI is InChI=1S/C21H25NO5S/c1-15-19-11-10-18(26-3)14-20(19)22(12-5-13-27-28(4,23)24)21(15)16-6-8-17(25-2)9-7-16/h6-11,14H,5,12-13H2,1-4H3. The maximum absolute atomic E-state index is 11.2. The summed E-state index contributed by atoms with van der Waals surface area (Å²) in [5.74, 6) is 1.58. The van der Waals surface area contributed by atoms with E-state index in [9.17, 15) is 8.42 Å². The van der Waals surface area contributed by atoms with Gasteiger partial charge in [0, 0.05) is 18.0 Å². The van der Waals surface area contributed by atoms with E-state index in [1.807, 2.05) is 36.4 Å². The molecule has 2 aromatic carbocycles. The summed E-state index contributed by atoms with van der Waals surface area (Å²) in [6.45, 7) is 2.86. The fourth-order valence-corrected chi connectivity index (χ4v) is 3.84. The number of nitrogens with zero attached hydrogens (tertiary/aromatic N) is 1. The van der Waals surface area contributed by atoms with Crippen molar-refractivity contribution in [3.63, 3.8) is 0 Å². The molecule has 0 aliphatic carbocycles. The summed E-state index contributed by atoms with van der Waals surface area (Å²) in [6, 6.07) is 13.9. The molecule has 28 heavy (non-hydrogen) atoms. The summed E-state index contributed by atoms with van der Waals surface area (Å²) < 4.78 is 40.2. The van der Waals surface area contributed by atoms with Crippen LogP contribution in [-0.2, 0) is 20.8 Å². The summed E-state index contributed by atoms with van der Waals surface area (Å²) in [4.78, 5) is 0. The Labute approximate surface area is 165 Å². The highest BCUT2D eigenvalue weighted by Gasteiger charge is 2.17. The SMILES string of the molecule is COc1ccc(-c2c(C)c3ccc(OC)cc3n2CCCOS(C)(=O)=O)cc1. The van der Waals surface area contributed by atoms with Crippen LogP contribution in [0.5, 0.6) is 11.5 Å². The van der Waals surface area contributed by atoms with Gasteiger partial charge in [-0.15, -0.1) is 0 Å². The molecule has 1 aromatic heterocycles. The first kappa shape index (κ1) is 20.2. The summed E-state index contributed by atoms with van der Waals surface area (Å²) in [6.07, 6.45) is 1.63. The average Bonchev–Trinajstić information content (AvgIpc) is 2.95. The van der Waals surface area contributed by atoms with Crippen LogP contribution in [0, 0.1) is 6.92 Å². The Hall–Kier alpha value is -2.51. The fraction of sp³-hybridized carbons (Fsp3) is 0.333. The lowest BCUT2D eigenvalue weighted by atomic mass is 10.1. The Kier molecular flexibility index (Phi) is 5.96. The monoisotopic (exact) mass is 403 g/mol. The molecule has 0 unspecified atom stereocenters. The van der Waals surface area contributed by atoms with Crippen LogP contribution >= 0.6 is 0 Å². The number of hydrogen-bond acceptors (Lipinski definition) is 5. The molecule has 0 saturated carbocycles. The van der Waals surface area contributed by atoms with E-state index in [0.717, 1.165) is 45.5 Å². The number of benzene rings is 2. The van der Waals surface area contributed by atoms with E-state index in [0.29, 0.717) is 13.0 Å². The Balaban J connectivity index is 2.05. The molecule has 0 aliphatic rings. The van der Waals surface area contributed by atoms with Gasteiger partial charge in [-0.05, 0) is 60.9 Å². The van der Waals surface area contributed by atoms with Gasteiger partial charge in [0.25, 0.3) is 10.1 Å². The molecule has 0 atom stereocenters. The third-order valence-corrected chi connectivity index (χ3v) is 5.31. The highest BCUT2D eigenvalue weighted by atomic mass is 32.2. The minimum absolute atomic E-state index is 0.142. The zero-order valence-electron chi connectivity index (χ0n) is 16.6. The molecule has 1 heterocycles. The van der Waals surface area contributed by atoms with Crippen LogP contribution in [0.15, 0.2) is 42.5 Å². The molecule has 0 N–H and O–H groups in total. The molecule has 0 saturated heterocycles. The zero-order valence-corrected chi connectivity index (χ0v) is 17.4. The second kappa shape index (κ2) is 8.24. The molecule has 7 heteroatoms. The number of rotatable bonds is 8. The van der Waals surface area contributed by atoms with Crippen molar-refractivity contribution in [2.45, 2.75) is 19.9 Å². The van der Waals surface area contributed by atoms with Gasteiger partial charge < -0.3 is 14.0 Å². The lowest BCUT2D eigenvalue weighted by Crippen LogP contribution is -2.08. The van der Waals surface area contributed by atoms with E-state index in [4.69, 9.17) is 13.7 Å². The van der Waals surface area contributed by atoms with E-state index < -0.39 is 10.1 Å². The van der Waals surface area contributed by atoms with Gasteiger partial charge in [-0.3, -0.25) is 4.18 Å². The van der Waals surface area contributed by atoms with Crippen molar-refractivity contribution >= 4 is 21.0 Å². The van der Waals surface area contributed by atoms with Crippen molar-refractivity contribution in [1.29, 1.82) is 0 Å². The third-order valence-electron chi connectivity index (χ3n) is 4.71. The van der Waals surface area contributed by atoms with Crippen molar-refractivity contribution in [1.82, 2.24) is 4.57 Å². The van der Waals surface area contributed by atoms with Crippen LogP contribution in [0.25, 0.3) is 22.2 Å². The molecular weight excluding hydrogens is 378 g/mol. The Morgan fingerprint density at radius 1 is 0.964 bits per heavy atom. The van der Waals surface area contributed by atoms with Crippen LogP contribution in [0.3, 0.4) is 0 Å². The number of fused-ring (bicyclic) bond motifs is 1. The Morgan fingerprint density at radius 2 is 1.61 bits per heavy atom. The molecule has 0 spiro atoms.